The highest BCUT2D eigenvalue weighted by Crippen LogP contribution is 2.30. The Hall–Kier alpha value is -1.55. The van der Waals surface area contributed by atoms with Crippen molar-refractivity contribution in [2.75, 3.05) is 0 Å². The molecule has 3 rings (SSSR count). The van der Waals surface area contributed by atoms with Crippen LogP contribution < -0.4 is 5.32 Å². The molecule has 4 nitrogen and oxygen atoms in total. The first-order valence-electron chi connectivity index (χ1n) is 7.41. The molecule has 1 heterocycles. The summed E-state index contributed by atoms with van der Waals surface area (Å²) in [5, 5.41) is 2.82. The van der Waals surface area contributed by atoms with Gasteiger partial charge in [-0.1, -0.05) is 12.1 Å². The lowest BCUT2D eigenvalue weighted by atomic mass is 10.2. The van der Waals surface area contributed by atoms with Crippen LogP contribution >= 0.6 is 11.6 Å². The van der Waals surface area contributed by atoms with E-state index < -0.39 is 0 Å². The molecule has 1 saturated carbocycles. The highest BCUT2D eigenvalue weighted by molar-refractivity contribution is 6.20. The van der Waals surface area contributed by atoms with Crippen molar-refractivity contribution in [2.24, 2.45) is 0 Å². The molecule has 1 aromatic heterocycles. The molecule has 1 aliphatic carbocycles. The second-order valence-corrected chi connectivity index (χ2v) is 6.51. The minimum Gasteiger partial charge on any atom is -0.352 e. The molecule has 0 saturated heterocycles. The molecule has 1 fully saturated rings. The standard InChI is InChI=1S/C16H20ClN3O/c1-9-5-4-6-13-14(9)20(15(19-13)10(2)17)11(3)16(21)18-12-7-8-12/h4-6,10-12H,7-8H2,1-3H3,(H,18,21). The molecule has 1 amide bonds. The highest BCUT2D eigenvalue weighted by atomic mass is 35.5. The average Bonchev–Trinajstić information content (AvgIpc) is 3.15. The topological polar surface area (TPSA) is 46.9 Å². The summed E-state index contributed by atoms with van der Waals surface area (Å²) >= 11 is 6.28. The van der Waals surface area contributed by atoms with Crippen LogP contribution in [0.15, 0.2) is 18.2 Å². The number of hydrogen-bond donors (Lipinski definition) is 1. The minimum atomic E-state index is -0.312. The molecule has 2 unspecified atom stereocenters. The number of halogens is 1. The number of aryl methyl sites for hydroxylation is 1. The first-order valence-corrected chi connectivity index (χ1v) is 7.84. The maximum Gasteiger partial charge on any atom is 0.243 e. The van der Waals surface area contributed by atoms with Gasteiger partial charge in [0.25, 0.3) is 0 Å². The van der Waals surface area contributed by atoms with Crippen LogP contribution in [0.2, 0.25) is 0 Å². The van der Waals surface area contributed by atoms with Gasteiger partial charge in [-0.2, -0.15) is 0 Å². The molecule has 2 atom stereocenters. The smallest absolute Gasteiger partial charge is 0.243 e. The third kappa shape index (κ3) is 2.64. The molecule has 21 heavy (non-hydrogen) atoms. The van der Waals surface area contributed by atoms with E-state index in [1.807, 2.05) is 43.5 Å². The van der Waals surface area contributed by atoms with Gasteiger partial charge >= 0.3 is 0 Å². The van der Waals surface area contributed by atoms with Gasteiger partial charge in [0.15, 0.2) is 0 Å². The van der Waals surface area contributed by atoms with E-state index in [2.05, 4.69) is 10.3 Å². The highest BCUT2D eigenvalue weighted by Gasteiger charge is 2.29. The molecule has 1 aromatic carbocycles. The molecule has 0 bridgehead atoms. The zero-order valence-corrected chi connectivity index (χ0v) is 13.3. The number of fused-ring (bicyclic) bond motifs is 1. The summed E-state index contributed by atoms with van der Waals surface area (Å²) in [6.07, 6.45) is 2.17. The molecule has 1 aliphatic rings. The van der Waals surface area contributed by atoms with Crippen LogP contribution in [-0.2, 0) is 4.79 Å². The van der Waals surface area contributed by atoms with Crippen LogP contribution in [0.5, 0.6) is 0 Å². The lowest BCUT2D eigenvalue weighted by Gasteiger charge is -2.19. The van der Waals surface area contributed by atoms with Gasteiger partial charge in [-0.25, -0.2) is 4.98 Å². The maximum atomic E-state index is 12.4. The number of carbonyl (C=O) groups excluding carboxylic acids is 1. The third-order valence-electron chi connectivity index (χ3n) is 3.99. The zero-order valence-electron chi connectivity index (χ0n) is 12.6. The van der Waals surface area contributed by atoms with Crippen LogP contribution in [0.25, 0.3) is 11.0 Å². The van der Waals surface area contributed by atoms with Crippen molar-refractivity contribution in [3.63, 3.8) is 0 Å². The quantitative estimate of drug-likeness (QED) is 0.879. The van der Waals surface area contributed by atoms with Crippen molar-refractivity contribution in [3.05, 3.63) is 29.6 Å². The molecular weight excluding hydrogens is 286 g/mol. The number of benzene rings is 1. The van der Waals surface area contributed by atoms with Crippen molar-refractivity contribution < 1.29 is 4.79 Å². The molecule has 2 aromatic rings. The van der Waals surface area contributed by atoms with Gasteiger partial charge < -0.3 is 9.88 Å². The van der Waals surface area contributed by atoms with Gasteiger partial charge in [0, 0.05) is 6.04 Å². The van der Waals surface area contributed by atoms with Crippen molar-refractivity contribution in [1.82, 2.24) is 14.9 Å². The van der Waals surface area contributed by atoms with Crippen molar-refractivity contribution in [1.29, 1.82) is 0 Å². The predicted octanol–water partition coefficient (Wildman–Crippen LogP) is 3.48. The van der Waals surface area contributed by atoms with E-state index in [1.165, 1.54) is 0 Å². The summed E-state index contributed by atoms with van der Waals surface area (Å²) < 4.78 is 1.99. The first kappa shape index (κ1) is 14.4. The van der Waals surface area contributed by atoms with Crippen molar-refractivity contribution in [2.45, 2.75) is 51.1 Å². The fraction of sp³-hybridized carbons (Fsp3) is 0.500. The Bertz CT molecular complexity index is 688. The number of rotatable bonds is 4. The van der Waals surface area contributed by atoms with Gasteiger partial charge in [0.1, 0.15) is 11.9 Å². The van der Waals surface area contributed by atoms with Crippen LogP contribution in [0, 0.1) is 6.92 Å². The second-order valence-electron chi connectivity index (χ2n) is 5.86. The number of nitrogens with zero attached hydrogens (tertiary/aromatic N) is 2. The Balaban J connectivity index is 2.09. The number of para-hydroxylation sites is 1. The summed E-state index contributed by atoms with van der Waals surface area (Å²) in [5.74, 6) is 0.790. The van der Waals surface area contributed by atoms with Gasteiger partial charge in [-0.05, 0) is 45.2 Å². The Morgan fingerprint density at radius 2 is 2.14 bits per heavy atom. The molecular formula is C16H20ClN3O. The Morgan fingerprint density at radius 3 is 2.76 bits per heavy atom. The molecule has 5 heteroatoms. The minimum absolute atomic E-state index is 0.0404. The van der Waals surface area contributed by atoms with Crippen LogP contribution in [-0.4, -0.2) is 21.5 Å². The van der Waals surface area contributed by atoms with Gasteiger partial charge in [-0.3, -0.25) is 4.79 Å². The molecule has 0 radical (unpaired) electrons. The number of carbonyl (C=O) groups is 1. The zero-order chi connectivity index (χ0) is 15.1. The van der Waals surface area contributed by atoms with Crippen LogP contribution in [0.4, 0.5) is 0 Å². The molecule has 1 N–H and O–H groups in total. The van der Waals surface area contributed by atoms with Crippen molar-refractivity contribution in [3.8, 4) is 0 Å². The fourth-order valence-corrected chi connectivity index (χ4v) is 2.83. The van der Waals surface area contributed by atoms with Gasteiger partial charge in [0.2, 0.25) is 5.91 Å². The summed E-state index contributed by atoms with van der Waals surface area (Å²) in [7, 11) is 0. The Morgan fingerprint density at radius 1 is 1.43 bits per heavy atom. The normalized spacial score (nSPS) is 17.7. The molecule has 0 aliphatic heterocycles. The number of amides is 1. The SMILES string of the molecule is Cc1cccc2nc(C(C)Cl)n(C(C)C(=O)NC3CC3)c12. The monoisotopic (exact) mass is 305 g/mol. The second kappa shape index (κ2) is 5.34. The number of alkyl halides is 1. The van der Waals surface area contributed by atoms with E-state index in [9.17, 15) is 4.79 Å². The number of hydrogen-bond acceptors (Lipinski definition) is 2. The maximum absolute atomic E-state index is 12.4. The average molecular weight is 306 g/mol. The van der Waals surface area contributed by atoms with E-state index in [4.69, 9.17) is 11.6 Å². The summed E-state index contributed by atoms with van der Waals surface area (Å²) in [4.78, 5) is 17.0. The fourth-order valence-electron chi connectivity index (χ4n) is 2.68. The van der Waals surface area contributed by atoms with Gasteiger partial charge in [0.05, 0.1) is 16.4 Å². The number of nitrogens with one attached hydrogen (secondary N) is 1. The Labute approximate surface area is 129 Å². The number of imidazole rings is 1. The van der Waals surface area contributed by atoms with Crippen molar-refractivity contribution >= 4 is 28.5 Å². The third-order valence-corrected chi connectivity index (χ3v) is 4.18. The summed E-state index contributed by atoms with van der Waals surface area (Å²) in [6, 6.07) is 6.02. The summed E-state index contributed by atoms with van der Waals surface area (Å²) in [6.45, 7) is 5.84. The molecule has 112 valence electrons. The lowest BCUT2D eigenvalue weighted by Crippen LogP contribution is -2.33. The van der Waals surface area contributed by atoms with E-state index in [0.717, 1.165) is 35.3 Å². The molecule has 0 spiro atoms. The summed E-state index contributed by atoms with van der Waals surface area (Å²) in [5.41, 5.74) is 3.00. The predicted molar refractivity (Wildman–Crippen MR) is 84.6 cm³/mol. The largest absolute Gasteiger partial charge is 0.352 e. The van der Waals surface area contributed by atoms with E-state index in [0.29, 0.717) is 6.04 Å². The van der Waals surface area contributed by atoms with Crippen LogP contribution in [0.1, 0.15) is 49.5 Å². The van der Waals surface area contributed by atoms with Gasteiger partial charge in [-0.15, -0.1) is 11.6 Å². The lowest BCUT2D eigenvalue weighted by molar-refractivity contribution is -0.124. The van der Waals surface area contributed by atoms with E-state index >= 15 is 0 Å². The number of aromatic nitrogens is 2. The Kier molecular flexibility index (Phi) is 3.66. The first-order chi connectivity index (χ1) is 9.99. The van der Waals surface area contributed by atoms with E-state index in [1.54, 1.807) is 0 Å². The van der Waals surface area contributed by atoms with E-state index in [-0.39, 0.29) is 17.3 Å². The van der Waals surface area contributed by atoms with Crippen LogP contribution in [0.3, 0.4) is 0 Å².